The van der Waals surface area contributed by atoms with Crippen molar-refractivity contribution in [3.05, 3.63) is 0 Å². The molecule has 4 rings (SSSR count). The Hall–Kier alpha value is -1.26. The number of ether oxygens (including phenoxy) is 1. The number of methoxy groups -OCH3 is 1. The Morgan fingerprint density at radius 1 is 1.18 bits per heavy atom. The van der Waals surface area contributed by atoms with E-state index in [2.05, 4.69) is 17.0 Å². The van der Waals surface area contributed by atoms with Gasteiger partial charge in [-0.2, -0.15) is 0 Å². The Bertz CT molecular complexity index is 428. The fraction of sp³-hybridized carbons (Fsp3) is 0.882. The quantitative estimate of drug-likeness (QED) is 0.867. The number of hydrogen-bond acceptors (Lipinski definition) is 3. The van der Waals surface area contributed by atoms with Crippen LogP contribution in [-0.4, -0.2) is 43.6 Å². The topological polar surface area (TPSA) is 58.6 Å². The highest BCUT2D eigenvalue weighted by molar-refractivity contribution is 5.82. The number of likely N-dealkylation sites (N-methyl/N-ethyl adjacent to an activating group) is 1. The van der Waals surface area contributed by atoms with E-state index in [4.69, 9.17) is 0 Å². The number of hydrogen-bond donors (Lipinski definition) is 1. The fourth-order valence-electron chi connectivity index (χ4n) is 5.58. The maximum Gasteiger partial charge on any atom is 0.409 e. The van der Waals surface area contributed by atoms with E-state index in [0.29, 0.717) is 5.41 Å². The van der Waals surface area contributed by atoms with Crippen molar-refractivity contribution >= 4 is 12.0 Å². The summed E-state index contributed by atoms with van der Waals surface area (Å²) in [5, 5.41) is 3.16. The molecule has 4 aliphatic rings. The van der Waals surface area contributed by atoms with Crippen molar-refractivity contribution < 1.29 is 14.3 Å². The first-order valence-electron chi connectivity index (χ1n) is 8.50. The molecule has 0 unspecified atom stereocenters. The number of carbonyl (C=O) groups excluding carboxylic acids is 2. The van der Waals surface area contributed by atoms with Gasteiger partial charge < -0.3 is 15.0 Å². The van der Waals surface area contributed by atoms with Crippen molar-refractivity contribution in [2.75, 3.05) is 20.7 Å². The molecule has 0 saturated heterocycles. The molecule has 4 fully saturated rings. The van der Waals surface area contributed by atoms with Gasteiger partial charge in [0.2, 0.25) is 5.91 Å². The molecule has 0 aromatic carbocycles. The Labute approximate surface area is 132 Å². The van der Waals surface area contributed by atoms with E-state index >= 15 is 0 Å². The molecule has 0 spiro atoms. The maximum absolute atomic E-state index is 12.2. The zero-order chi connectivity index (χ0) is 15.9. The molecule has 4 aliphatic carbocycles. The third-order valence-corrected chi connectivity index (χ3v) is 6.25. The Morgan fingerprint density at radius 2 is 1.68 bits per heavy atom. The molecule has 0 aromatic rings. The standard InChI is InChI=1S/C17H28N2O3/c1-11(18-15(20)10-19(2)16(21)22-3)17-7-12-4-13(8-17)6-14(5-12)9-17/h11-14H,4-10H2,1-3H3,(H,18,20)/t11-,12?,13?,14?,17?/m0/s1. The van der Waals surface area contributed by atoms with Gasteiger partial charge in [0.1, 0.15) is 6.54 Å². The van der Waals surface area contributed by atoms with Gasteiger partial charge in [0.15, 0.2) is 0 Å². The minimum absolute atomic E-state index is 0.0589. The molecular weight excluding hydrogens is 280 g/mol. The second-order valence-electron chi connectivity index (χ2n) is 7.90. The molecule has 0 heterocycles. The molecule has 2 amide bonds. The van der Waals surface area contributed by atoms with Crippen LogP contribution < -0.4 is 5.32 Å². The first kappa shape index (κ1) is 15.6. The van der Waals surface area contributed by atoms with E-state index in [-0.39, 0.29) is 18.5 Å². The number of carbonyl (C=O) groups is 2. The first-order valence-corrected chi connectivity index (χ1v) is 8.50. The summed E-state index contributed by atoms with van der Waals surface area (Å²) >= 11 is 0. The summed E-state index contributed by atoms with van der Waals surface area (Å²) < 4.78 is 4.63. The van der Waals surface area contributed by atoms with Gasteiger partial charge in [0.05, 0.1) is 7.11 Å². The van der Waals surface area contributed by atoms with Crippen LogP contribution >= 0.6 is 0 Å². The largest absolute Gasteiger partial charge is 0.453 e. The minimum Gasteiger partial charge on any atom is -0.453 e. The highest BCUT2D eigenvalue weighted by Gasteiger charge is 2.53. The molecule has 0 radical (unpaired) electrons. The summed E-state index contributed by atoms with van der Waals surface area (Å²) in [6.45, 7) is 2.21. The van der Waals surface area contributed by atoms with Gasteiger partial charge in [-0.15, -0.1) is 0 Å². The van der Waals surface area contributed by atoms with E-state index in [1.54, 1.807) is 7.05 Å². The summed E-state index contributed by atoms with van der Waals surface area (Å²) in [6.07, 6.45) is 7.56. The predicted octanol–water partition coefficient (Wildman–Crippen LogP) is 2.41. The van der Waals surface area contributed by atoms with Crippen molar-refractivity contribution in [1.29, 1.82) is 0 Å². The monoisotopic (exact) mass is 308 g/mol. The number of rotatable bonds is 4. The van der Waals surface area contributed by atoms with E-state index in [1.165, 1.54) is 50.5 Å². The average molecular weight is 308 g/mol. The third kappa shape index (κ3) is 2.82. The van der Waals surface area contributed by atoms with Gasteiger partial charge in [-0.3, -0.25) is 4.79 Å². The van der Waals surface area contributed by atoms with Crippen LogP contribution in [0.25, 0.3) is 0 Å². The van der Waals surface area contributed by atoms with Crippen molar-refractivity contribution in [2.24, 2.45) is 23.2 Å². The summed E-state index contributed by atoms with van der Waals surface area (Å²) in [4.78, 5) is 24.9. The molecule has 5 nitrogen and oxygen atoms in total. The molecular formula is C17H28N2O3. The molecule has 1 atom stereocenters. The van der Waals surface area contributed by atoms with Crippen LogP contribution in [0.1, 0.15) is 45.4 Å². The van der Waals surface area contributed by atoms with Gasteiger partial charge in [0, 0.05) is 13.1 Å². The lowest BCUT2D eigenvalue weighted by molar-refractivity contribution is -0.126. The summed E-state index contributed by atoms with van der Waals surface area (Å²) in [5.74, 6) is 2.55. The second kappa shape index (κ2) is 5.74. The third-order valence-electron chi connectivity index (χ3n) is 6.25. The summed E-state index contributed by atoms with van der Waals surface area (Å²) in [5.41, 5.74) is 0.300. The fourth-order valence-corrected chi connectivity index (χ4v) is 5.58. The highest BCUT2D eigenvalue weighted by atomic mass is 16.5. The van der Waals surface area contributed by atoms with E-state index in [1.807, 2.05) is 0 Å². The van der Waals surface area contributed by atoms with Crippen molar-refractivity contribution in [3.8, 4) is 0 Å². The molecule has 4 saturated carbocycles. The van der Waals surface area contributed by atoms with Gasteiger partial charge >= 0.3 is 6.09 Å². The lowest BCUT2D eigenvalue weighted by atomic mass is 9.48. The minimum atomic E-state index is -0.474. The Morgan fingerprint density at radius 3 is 2.14 bits per heavy atom. The average Bonchev–Trinajstić information content (AvgIpc) is 2.44. The Kier molecular flexibility index (Phi) is 4.08. The molecule has 0 aliphatic heterocycles. The van der Waals surface area contributed by atoms with E-state index in [9.17, 15) is 9.59 Å². The lowest BCUT2D eigenvalue weighted by Gasteiger charge is -2.59. The van der Waals surface area contributed by atoms with Crippen molar-refractivity contribution in [2.45, 2.75) is 51.5 Å². The van der Waals surface area contributed by atoms with Crippen LogP contribution in [0, 0.1) is 23.2 Å². The highest BCUT2D eigenvalue weighted by Crippen LogP contribution is 2.61. The lowest BCUT2D eigenvalue weighted by Crippen LogP contribution is -2.56. The zero-order valence-corrected chi connectivity index (χ0v) is 13.9. The molecule has 22 heavy (non-hydrogen) atoms. The summed E-state index contributed by atoms with van der Waals surface area (Å²) in [7, 11) is 2.91. The molecule has 5 heteroatoms. The predicted molar refractivity (Wildman–Crippen MR) is 83.2 cm³/mol. The molecule has 124 valence electrons. The van der Waals surface area contributed by atoms with Gasteiger partial charge in [-0.1, -0.05) is 0 Å². The number of nitrogens with one attached hydrogen (secondary N) is 1. The van der Waals surface area contributed by atoms with Crippen LogP contribution in [0.3, 0.4) is 0 Å². The molecule has 0 aromatic heterocycles. The van der Waals surface area contributed by atoms with Gasteiger partial charge in [0.25, 0.3) is 0 Å². The maximum atomic E-state index is 12.2. The Balaban J connectivity index is 1.59. The van der Waals surface area contributed by atoms with Crippen LogP contribution in [0.2, 0.25) is 0 Å². The van der Waals surface area contributed by atoms with Crippen LogP contribution in [0.5, 0.6) is 0 Å². The molecule has 4 bridgehead atoms. The van der Waals surface area contributed by atoms with E-state index in [0.717, 1.165) is 17.8 Å². The zero-order valence-electron chi connectivity index (χ0n) is 13.9. The number of nitrogens with zero attached hydrogens (tertiary/aromatic N) is 1. The smallest absolute Gasteiger partial charge is 0.409 e. The van der Waals surface area contributed by atoms with Gasteiger partial charge in [-0.05, 0) is 68.6 Å². The second-order valence-corrected chi connectivity index (χ2v) is 7.90. The van der Waals surface area contributed by atoms with Crippen LogP contribution in [0.15, 0.2) is 0 Å². The SMILES string of the molecule is COC(=O)N(C)CC(=O)N[C@@H](C)C12CC3CC(CC(C3)C1)C2. The van der Waals surface area contributed by atoms with Crippen LogP contribution in [-0.2, 0) is 9.53 Å². The van der Waals surface area contributed by atoms with Crippen molar-refractivity contribution in [1.82, 2.24) is 10.2 Å². The normalized spacial score (nSPS) is 36.8. The van der Waals surface area contributed by atoms with Gasteiger partial charge in [-0.25, -0.2) is 4.79 Å². The van der Waals surface area contributed by atoms with E-state index < -0.39 is 6.09 Å². The van der Waals surface area contributed by atoms with Crippen LogP contribution in [0.4, 0.5) is 4.79 Å². The number of amides is 2. The van der Waals surface area contributed by atoms with Crippen molar-refractivity contribution in [3.63, 3.8) is 0 Å². The molecule has 1 N–H and O–H groups in total. The first-order chi connectivity index (χ1) is 10.4. The summed E-state index contributed by atoms with van der Waals surface area (Å²) in [6, 6.07) is 0.194.